The Hall–Kier alpha value is -2.69. The van der Waals surface area contributed by atoms with Crippen molar-refractivity contribution >= 4 is 11.6 Å². The average Bonchev–Trinajstić information content (AvgIpc) is 2.46. The van der Waals surface area contributed by atoms with Gasteiger partial charge in [0.15, 0.2) is 0 Å². The molecule has 0 unspecified atom stereocenters. The first-order valence-corrected chi connectivity index (χ1v) is 5.72. The largest absolute Gasteiger partial charge is 0.508 e. The Bertz CT molecular complexity index is 592. The maximum absolute atomic E-state index is 11.7. The molecule has 0 spiro atoms. The zero-order valence-electron chi connectivity index (χ0n) is 10.4. The van der Waals surface area contributed by atoms with E-state index in [4.69, 9.17) is 0 Å². The van der Waals surface area contributed by atoms with Crippen LogP contribution in [0.25, 0.3) is 0 Å². The molecule has 0 radical (unpaired) electrons. The predicted molar refractivity (Wildman–Crippen MR) is 72.0 cm³/mol. The van der Waals surface area contributed by atoms with Crippen LogP contribution in [0.3, 0.4) is 0 Å². The average molecular weight is 255 g/mol. The quantitative estimate of drug-likeness (QED) is 0.650. The van der Waals surface area contributed by atoms with Gasteiger partial charge in [-0.3, -0.25) is 9.78 Å². The smallest absolute Gasteiger partial charge is 0.289 e. The molecular formula is C14H13N3O2. The van der Waals surface area contributed by atoms with Crippen LogP contribution in [0.4, 0.5) is 0 Å². The molecule has 0 atom stereocenters. The number of nitrogens with zero attached hydrogens (tertiary/aromatic N) is 2. The number of nitrogens with one attached hydrogen (secondary N) is 1. The highest BCUT2D eigenvalue weighted by atomic mass is 16.3. The number of aromatic nitrogens is 1. The number of hydrogen-bond donors (Lipinski definition) is 2. The van der Waals surface area contributed by atoms with Gasteiger partial charge >= 0.3 is 0 Å². The standard InChI is InChI=1S/C14H13N3O2/c1-10(11-5-7-12(18)8-6-11)16-17-14(19)13-4-2-3-9-15-13/h2-9,18H,1H3,(H,17,19)/b16-10+. The van der Waals surface area contributed by atoms with Crippen molar-refractivity contribution in [2.45, 2.75) is 6.92 Å². The van der Waals surface area contributed by atoms with E-state index in [2.05, 4.69) is 15.5 Å². The van der Waals surface area contributed by atoms with Gasteiger partial charge in [0.1, 0.15) is 11.4 Å². The minimum Gasteiger partial charge on any atom is -0.508 e. The zero-order chi connectivity index (χ0) is 13.7. The van der Waals surface area contributed by atoms with Crippen LogP contribution in [-0.4, -0.2) is 21.7 Å². The molecule has 0 aliphatic heterocycles. The fraction of sp³-hybridized carbons (Fsp3) is 0.0714. The molecule has 1 aromatic heterocycles. The summed E-state index contributed by atoms with van der Waals surface area (Å²) >= 11 is 0. The minimum atomic E-state index is -0.362. The number of phenols is 1. The van der Waals surface area contributed by atoms with Gasteiger partial charge in [-0.1, -0.05) is 6.07 Å². The van der Waals surface area contributed by atoms with Crippen LogP contribution in [0.2, 0.25) is 0 Å². The zero-order valence-corrected chi connectivity index (χ0v) is 10.4. The summed E-state index contributed by atoms with van der Waals surface area (Å²) in [5.41, 5.74) is 4.21. The Morgan fingerprint density at radius 2 is 1.95 bits per heavy atom. The van der Waals surface area contributed by atoms with Gasteiger partial charge in [0.25, 0.3) is 5.91 Å². The molecule has 5 heteroatoms. The summed E-state index contributed by atoms with van der Waals surface area (Å²) in [6.07, 6.45) is 1.55. The molecule has 2 aromatic rings. The minimum absolute atomic E-state index is 0.189. The highest BCUT2D eigenvalue weighted by molar-refractivity contribution is 6.00. The van der Waals surface area contributed by atoms with E-state index >= 15 is 0 Å². The van der Waals surface area contributed by atoms with Gasteiger partial charge in [-0.2, -0.15) is 5.10 Å². The maximum Gasteiger partial charge on any atom is 0.289 e. The Morgan fingerprint density at radius 3 is 2.58 bits per heavy atom. The Labute approximate surface area is 110 Å². The lowest BCUT2D eigenvalue weighted by Gasteiger charge is -2.02. The Balaban J connectivity index is 2.06. The molecule has 0 aliphatic rings. The van der Waals surface area contributed by atoms with Crippen molar-refractivity contribution in [1.29, 1.82) is 0 Å². The molecule has 0 bridgehead atoms. The number of carbonyl (C=O) groups excluding carboxylic acids is 1. The molecule has 96 valence electrons. The summed E-state index contributed by atoms with van der Waals surface area (Å²) in [5.74, 6) is -0.173. The molecule has 0 fully saturated rings. The molecule has 1 heterocycles. The molecule has 0 aliphatic carbocycles. The topological polar surface area (TPSA) is 74.6 Å². The summed E-state index contributed by atoms with van der Waals surface area (Å²) in [5, 5.41) is 13.2. The Kier molecular flexibility index (Phi) is 3.87. The van der Waals surface area contributed by atoms with Gasteiger partial charge in [-0.25, -0.2) is 5.43 Å². The highest BCUT2D eigenvalue weighted by Crippen LogP contribution is 2.10. The third-order valence-corrected chi connectivity index (χ3v) is 2.51. The van der Waals surface area contributed by atoms with Gasteiger partial charge in [0.05, 0.1) is 5.71 Å². The lowest BCUT2D eigenvalue weighted by Crippen LogP contribution is -2.20. The van der Waals surface area contributed by atoms with Crippen LogP contribution in [0.1, 0.15) is 23.0 Å². The molecule has 2 N–H and O–H groups in total. The number of phenolic OH excluding ortho intramolecular Hbond substituents is 1. The third kappa shape index (κ3) is 3.38. The predicted octanol–water partition coefficient (Wildman–Crippen LogP) is 1.94. The van der Waals surface area contributed by atoms with Gasteiger partial charge in [0, 0.05) is 6.20 Å². The molecule has 1 amide bonds. The van der Waals surface area contributed by atoms with Crippen molar-refractivity contribution in [2.24, 2.45) is 5.10 Å². The molecular weight excluding hydrogens is 242 g/mol. The number of hydrazone groups is 1. The van der Waals surface area contributed by atoms with Gasteiger partial charge < -0.3 is 5.11 Å². The summed E-state index contributed by atoms with van der Waals surface area (Å²) in [6.45, 7) is 1.77. The van der Waals surface area contributed by atoms with Gasteiger partial charge in [-0.05, 0) is 48.9 Å². The number of aromatic hydroxyl groups is 1. The first kappa shape index (κ1) is 12.8. The molecule has 1 aromatic carbocycles. The van der Waals surface area contributed by atoms with Crippen LogP contribution in [0.5, 0.6) is 5.75 Å². The van der Waals surface area contributed by atoms with Crippen molar-refractivity contribution in [3.63, 3.8) is 0 Å². The van der Waals surface area contributed by atoms with Crippen LogP contribution in [0.15, 0.2) is 53.8 Å². The lowest BCUT2D eigenvalue weighted by atomic mass is 10.1. The fourth-order valence-electron chi connectivity index (χ4n) is 1.46. The van der Waals surface area contributed by atoms with E-state index < -0.39 is 0 Å². The molecule has 19 heavy (non-hydrogen) atoms. The number of carbonyl (C=O) groups is 1. The highest BCUT2D eigenvalue weighted by Gasteiger charge is 2.05. The number of pyridine rings is 1. The van der Waals surface area contributed by atoms with Crippen molar-refractivity contribution in [1.82, 2.24) is 10.4 Å². The van der Waals surface area contributed by atoms with Gasteiger partial charge in [-0.15, -0.1) is 0 Å². The van der Waals surface area contributed by atoms with E-state index in [1.165, 1.54) is 0 Å². The second-order valence-corrected chi connectivity index (χ2v) is 3.90. The SMILES string of the molecule is C/C(=N\NC(=O)c1ccccn1)c1ccc(O)cc1. The lowest BCUT2D eigenvalue weighted by molar-refractivity contribution is 0.0950. The van der Waals surface area contributed by atoms with Crippen LogP contribution < -0.4 is 5.43 Å². The second kappa shape index (κ2) is 5.77. The van der Waals surface area contributed by atoms with E-state index in [1.807, 2.05) is 0 Å². The first-order valence-electron chi connectivity index (χ1n) is 5.72. The molecule has 2 rings (SSSR count). The monoisotopic (exact) mass is 255 g/mol. The maximum atomic E-state index is 11.7. The van der Waals surface area contributed by atoms with Crippen molar-refractivity contribution in [3.8, 4) is 5.75 Å². The summed E-state index contributed by atoms with van der Waals surface area (Å²) < 4.78 is 0. The van der Waals surface area contributed by atoms with E-state index in [0.717, 1.165) is 5.56 Å². The molecule has 0 saturated heterocycles. The summed E-state index contributed by atoms with van der Waals surface area (Å²) in [7, 11) is 0. The summed E-state index contributed by atoms with van der Waals surface area (Å²) in [6, 6.07) is 11.7. The molecule has 5 nitrogen and oxygen atoms in total. The number of rotatable bonds is 3. The molecule has 0 saturated carbocycles. The van der Waals surface area contributed by atoms with Crippen molar-refractivity contribution in [3.05, 3.63) is 59.9 Å². The number of hydrogen-bond acceptors (Lipinski definition) is 4. The van der Waals surface area contributed by atoms with Crippen LogP contribution in [0, 0.1) is 0 Å². The van der Waals surface area contributed by atoms with Crippen LogP contribution >= 0.6 is 0 Å². The fourth-order valence-corrected chi connectivity index (χ4v) is 1.46. The van der Waals surface area contributed by atoms with Crippen molar-refractivity contribution < 1.29 is 9.90 Å². The number of amides is 1. The van der Waals surface area contributed by atoms with E-state index in [0.29, 0.717) is 11.4 Å². The Morgan fingerprint density at radius 1 is 1.21 bits per heavy atom. The second-order valence-electron chi connectivity index (χ2n) is 3.90. The van der Waals surface area contributed by atoms with E-state index in [-0.39, 0.29) is 11.7 Å². The number of benzene rings is 1. The third-order valence-electron chi connectivity index (χ3n) is 2.51. The normalized spacial score (nSPS) is 11.1. The van der Waals surface area contributed by atoms with E-state index in [1.54, 1.807) is 55.6 Å². The summed E-state index contributed by atoms with van der Waals surface area (Å²) in [4.78, 5) is 15.6. The van der Waals surface area contributed by atoms with Crippen molar-refractivity contribution in [2.75, 3.05) is 0 Å². The van der Waals surface area contributed by atoms with Crippen LogP contribution in [-0.2, 0) is 0 Å². The first-order chi connectivity index (χ1) is 9.16. The van der Waals surface area contributed by atoms with E-state index in [9.17, 15) is 9.90 Å². The van der Waals surface area contributed by atoms with Gasteiger partial charge in [0.2, 0.25) is 0 Å².